The molecular weight excluding hydrogens is 198 g/mol. The zero-order valence-corrected chi connectivity index (χ0v) is 10.2. The van der Waals surface area contributed by atoms with E-state index in [9.17, 15) is 8.42 Å². The van der Waals surface area contributed by atoms with Gasteiger partial charge in [0.05, 0.1) is 5.75 Å². The standard InChI is InChI=1S/C10H21NO2S/c1-9(2)11-6-4-10(8-11)5-7-14(3,12)13/h9-10H,4-8H2,1-3H3. The number of hydrogen-bond donors (Lipinski definition) is 0. The van der Waals surface area contributed by atoms with Gasteiger partial charge in [-0.05, 0) is 39.2 Å². The Bertz CT molecular complexity index is 272. The lowest BCUT2D eigenvalue weighted by molar-refractivity contribution is 0.264. The molecule has 0 aromatic carbocycles. The van der Waals surface area contributed by atoms with Gasteiger partial charge in [-0.2, -0.15) is 0 Å². The lowest BCUT2D eigenvalue weighted by Gasteiger charge is -2.20. The fraction of sp³-hybridized carbons (Fsp3) is 1.00. The second-order valence-electron chi connectivity index (χ2n) is 4.66. The van der Waals surface area contributed by atoms with E-state index >= 15 is 0 Å². The summed E-state index contributed by atoms with van der Waals surface area (Å²) in [5.41, 5.74) is 0. The molecule has 3 nitrogen and oxygen atoms in total. The van der Waals surface area contributed by atoms with Crippen molar-refractivity contribution in [2.75, 3.05) is 25.1 Å². The Morgan fingerprint density at radius 3 is 2.50 bits per heavy atom. The molecule has 0 spiro atoms. The van der Waals surface area contributed by atoms with Gasteiger partial charge in [-0.1, -0.05) is 0 Å². The first-order chi connectivity index (χ1) is 6.38. The van der Waals surface area contributed by atoms with Gasteiger partial charge in [0.1, 0.15) is 9.84 Å². The molecule has 4 heteroatoms. The summed E-state index contributed by atoms with van der Waals surface area (Å²) in [5.74, 6) is 0.941. The minimum absolute atomic E-state index is 0.351. The number of nitrogens with zero attached hydrogens (tertiary/aromatic N) is 1. The maximum absolute atomic E-state index is 11.0. The van der Waals surface area contributed by atoms with Gasteiger partial charge in [0.2, 0.25) is 0 Å². The zero-order valence-electron chi connectivity index (χ0n) is 9.36. The molecule has 1 atom stereocenters. The van der Waals surface area contributed by atoms with Gasteiger partial charge in [-0.3, -0.25) is 0 Å². The maximum Gasteiger partial charge on any atom is 0.147 e. The molecule has 0 saturated carbocycles. The van der Waals surface area contributed by atoms with E-state index < -0.39 is 9.84 Å². The van der Waals surface area contributed by atoms with Crippen LogP contribution in [0.1, 0.15) is 26.7 Å². The number of rotatable bonds is 4. The molecule has 1 aliphatic heterocycles. The molecule has 1 aliphatic rings. The van der Waals surface area contributed by atoms with Crippen LogP contribution in [0.3, 0.4) is 0 Å². The van der Waals surface area contributed by atoms with Crippen LogP contribution in [0.25, 0.3) is 0 Å². The molecule has 0 aliphatic carbocycles. The molecule has 84 valence electrons. The Hall–Kier alpha value is -0.0900. The third-order valence-electron chi connectivity index (χ3n) is 2.94. The maximum atomic E-state index is 11.0. The zero-order chi connectivity index (χ0) is 10.8. The predicted octanol–water partition coefficient (Wildman–Crippen LogP) is 1.15. The highest BCUT2D eigenvalue weighted by Gasteiger charge is 2.24. The molecule has 0 radical (unpaired) electrons. The fourth-order valence-corrected chi connectivity index (χ4v) is 2.71. The average molecular weight is 219 g/mol. The molecule has 14 heavy (non-hydrogen) atoms. The van der Waals surface area contributed by atoms with Crippen LogP contribution >= 0.6 is 0 Å². The summed E-state index contributed by atoms with van der Waals surface area (Å²) in [6.45, 7) is 6.59. The third-order valence-corrected chi connectivity index (χ3v) is 3.92. The SMILES string of the molecule is CC(C)N1CCC(CCS(C)(=O)=O)C1. The largest absolute Gasteiger partial charge is 0.301 e. The van der Waals surface area contributed by atoms with Crippen LogP contribution in [0.15, 0.2) is 0 Å². The molecule has 0 N–H and O–H groups in total. The van der Waals surface area contributed by atoms with E-state index in [-0.39, 0.29) is 0 Å². The van der Waals surface area contributed by atoms with Crippen LogP contribution in [0.5, 0.6) is 0 Å². The van der Waals surface area contributed by atoms with Crippen molar-refractivity contribution in [1.82, 2.24) is 4.90 Å². The molecule has 1 fully saturated rings. The van der Waals surface area contributed by atoms with E-state index in [1.54, 1.807) is 0 Å². The van der Waals surface area contributed by atoms with Crippen LogP contribution in [-0.2, 0) is 9.84 Å². The fourth-order valence-electron chi connectivity index (χ4n) is 1.95. The van der Waals surface area contributed by atoms with E-state index in [2.05, 4.69) is 18.7 Å². The van der Waals surface area contributed by atoms with Crippen molar-refractivity contribution < 1.29 is 8.42 Å². The Balaban J connectivity index is 2.30. The summed E-state index contributed by atoms with van der Waals surface area (Å²) in [7, 11) is -2.77. The predicted molar refractivity (Wildman–Crippen MR) is 59.1 cm³/mol. The normalized spacial score (nSPS) is 24.7. The minimum atomic E-state index is -2.77. The molecule has 0 bridgehead atoms. The van der Waals surface area contributed by atoms with Gasteiger partial charge < -0.3 is 4.90 Å². The quantitative estimate of drug-likeness (QED) is 0.712. The first-order valence-electron chi connectivity index (χ1n) is 5.30. The Morgan fingerprint density at radius 2 is 2.07 bits per heavy atom. The molecule has 1 saturated heterocycles. The summed E-state index contributed by atoms with van der Waals surface area (Å²) in [6.07, 6.45) is 3.32. The second kappa shape index (κ2) is 4.62. The van der Waals surface area contributed by atoms with Gasteiger partial charge in [0.15, 0.2) is 0 Å². The summed E-state index contributed by atoms with van der Waals surface area (Å²) in [6, 6.07) is 0.596. The van der Waals surface area contributed by atoms with E-state index in [4.69, 9.17) is 0 Å². The number of hydrogen-bond acceptors (Lipinski definition) is 3. The molecular formula is C10H21NO2S. The van der Waals surface area contributed by atoms with Gasteiger partial charge in [0.25, 0.3) is 0 Å². The van der Waals surface area contributed by atoms with Crippen molar-refractivity contribution in [3.8, 4) is 0 Å². The highest BCUT2D eigenvalue weighted by atomic mass is 32.2. The minimum Gasteiger partial charge on any atom is -0.301 e. The highest BCUT2D eigenvalue weighted by Crippen LogP contribution is 2.21. The van der Waals surface area contributed by atoms with Gasteiger partial charge in [-0.25, -0.2) is 8.42 Å². The molecule has 1 heterocycles. The van der Waals surface area contributed by atoms with Crippen molar-refractivity contribution in [2.24, 2.45) is 5.92 Å². The summed E-state index contributed by atoms with van der Waals surface area (Å²) >= 11 is 0. The highest BCUT2D eigenvalue weighted by molar-refractivity contribution is 7.90. The van der Waals surface area contributed by atoms with Crippen LogP contribution in [-0.4, -0.2) is 44.5 Å². The number of likely N-dealkylation sites (tertiary alicyclic amines) is 1. The van der Waals surface area contributed by atoms with Crippen LogP contribution in [0, 0.1) is 5.92 Å². The van der Waals surface area contributed by atoms with Crippen LogP contribution in [0.4, 0.5) is 0 Å². The number of sulfone groups is 1. The lowest BCUT2D eigenvalue weighted by Crippen LogP contribution is -2.28. The van der Waals surface area contributed by atoms with Crippen molar-refractivity contribution in [3.05, 3.63) is 0 Å². The van der Waals surface area contributed by atoms with E-state index in [0.29, 0.717) is 17.7 Å². The third kappa shape index (κ3) is 3.96. The van der Waals surface area contributed by atoms with Gasteiger partial charge in [0, 0.05) is 18.8 Å². The van der Waals surface area contributed by atoms with E-state index in [1.807, 2.05) is 0 Å². The lowest BCUT2D eigenvalue weighted by atomic mass is 10.1. The second-order valence-corrected chi connectivity index (χ2v) is 6.92. The first-order valence-corrected chi connectivity index (χ1v) is 7.36. The van der Waals surface area contributed by atoms with Crippen molar-refractivity contribution in [1.29, 1.82) is 0 Å². The average Bonchev–Trinajstić information content (AvgIpc) is 2.47. The molecule has 1 rings (SSSR count). The van der Waals surface area contributed by atoms with Gasteiger partial charge >= 0.3 is 0 Å². The summed E-state index contributed by atoms with van der Waals surface area (Å²) < 4.78 is 22.0. The topological polar surface area (TPSA) is 37.4 Å². The first kappa shape index (κ1) is 12.0. The molecule has 0 aromatic rings. The summed E-state index contributed by atoms with van der Waals surface area (Å²) in [4.78, 5) is 2.42. The Morgan fingerprint density at radius 1 is 1.43 bits per heavy atom. The Labute approximate surface area is 87.4 Å². The van der Waals surface area contributed by atoms with Crippen molar-refractivity contribution in [2.45, 2.75) is 32.7 Å². The Kier molecular flexibility index (Phi) is 3.95. The van der Waals surface area contributed by atoms with Crippen LogP contribution in [0.2, 0.25) is 0 Å². The van der Waals surface area contributed by atoms with E-state index in [0.717, 1.165) is 25.9 Å². The smallest absolute Gasteiger partial charge is 0.147 e. The van der Waals surface area contributed by atoms with Gasteiger partial charge in [-0.15, -0.1) is 0 Å². The van der Waals surface area contributed by atoms with Crippen LogP contribution < -0.4 is 0 Å². The molecule has 1 unspecified atom stereocenters. The molecule has 0 aromatic heterocycles. The van der Waals surface area contributed by atoms with Crippen molar-refractivity contribution >= 4 is 9.84 Å². The summed E-state index contributed by atoms with van der Waals surface area (Å²) in [5, 5.41) is 0. The monoisotopic (exact) mass is 219 g/mol. The van der Waals surface area contributed by atoms with E-state index in [1.165, 1.54) is 6.26 Å². The molecule has 0 amide bonds. The van der Waals surface area contributed by atoms with Crippen molar-refractivity contribution in [3.63, 3.8) is 0 Å².